The highest BCUT2D eigenvalue weighted by Gasteiger charge is 2.17. The third-order valence-electron chi connectivity index (χ3n) is 4.19. The van der Waals surface area contributed by atoms with Crippen LogP contribution in [0.25, 0.3) is 0 Å². The molecule has 0 aromatic heterocycles. The van der Waals surface area contributed by atoms with Gasteiger partial charge in [-0.3, -0.25) is 0 Å². The monoisotopic (exact) mass is 373 g/mol. The molecule has 2 N–H and O–H groups in total. The maximum atomic E-state index is 12.3. The van der Waals surface area contributed by atoms with E-state index < -0.39 is 5.76 Å². The number of hydrogen-bond acceptors (Lipinski definition) is 3. The van der Waals surface area contributed by atoms with Gasteiger partial charge in [0, 0.05) is 29.7 Å². The number of piperidine rings is 1. The van der Waals surface area contributed by atoms with Gasteiger partial charge in [0.25, 0.3) is 5.76 Å². The number of hydrogen-bond donors (Lipinski definition) is 2. The van der Waals surface area contributed by atoms with Crippen molar-refractivity contribution in [2.75, 3.05) is 25.0 Å². The summed E-state index contributed by atoms with van der Waals surface area (Å²) < 4.78 is 24.6. The second-order valence-electron chi connectivity index (χ2n) is 6.02. The van der Waals surface area contributed by atoms with E-state index >= 15 is 0 Å². The number of likely N-dealkylation sites (tertiary alicyclic amines) is 1. The molecule has 0 amide bonds. The van der Waals surface area contributed by atoms with Crippen molar-refractivity contribution in [1.29, 1.82) is 0 Å². The highest BCUT2D eigenvalue weighted by molar-refractivity contribution is 7.99. The topological polar surface area (TPSA) is 27.3 Å². The van der Waals surface area contributed by atoms with Crippen LogP contribution in [0.3, 0.4) is 0 Å². The van der Waals surface area contributed by atoms with Crippen LogP contribution in [0.1, 0.15) is 32.6 Å². The summed E-state index contributed by atoms with van der Waals surface area (Å²) in [6.07, 6.45) is 5.00. The summed E-state index contributed by atoms with van der Waals surface area (Å²) >= 11 is 5.81. The average Bonchev–Trinajstić information content (AvgIpc) is 2.54. The molecule has 3 nitrogen and oxygen atoms in total. The summed E-state index contributed by atoms with van der Waals surface area (Å²) in [4.78, 5) is 3.09. The number of benzene rings is 1. The van der Waals surface area contributed by atoms with Crippen LogP contribution >= 0.6 is 24.0 Å². The number of alkyl halides is 2. The number of thioether (sulfide) groups is 1. The van der Waals surface area contributed by atoms with Crippen molar-refractivity contribution in [2.24, 2.45) is 0 Å². The van der Waals surface area contributed by atoms with Gasteiger partial charge >= 0.3 is 0 Å². The van der Waals surface area contributed by atoms with Crippen LogP contribution in [-0.2, 0) is 0 Å². The summed E-state index contributed by atoms with van der Waals surface area (Å²) in [5, 5.41) is 6.85. The van der Waals surface area contributed by atoms with Crippen LogP contribution in [0.2, 0.25) is 0 Å². The fraction of sp³-hybridized carbons (Fsp3) is 0.588. The van der Waals surface area contributed by atoms with Crippen molar-refractivity contribution < 1.29 is 8.78 Å². The Kier molecular flexibility index (Phi) is 8.21. The van der Waals surface area contributed by atoms with E-state index in [2.05, 4.69) is 22.5 Å². The zero-order chi connectivity index (χ0) is 17.4. The first-order valence-electron chi connectivity index (χ1n) is 8.38. The Hall–Kier alpha value is -0.920. The average molecular weight is 374 g/mol. The standard InChI is InChI=1S/C17H25F2N3S2/c1-13-5-2-3-11-22(13)12-4-10-20-17(23)21-14-6-8-15(9-7-14)24-16(18)19/h6-9,13,16H,2-5,10-12H2,1H3,(H2,20,21,23)/t13-/m1/s1. The maximum Gasteiger partial charge on any atom is 0.288 e. The van der Waals surface area contributed by atoms with E-state index in [0.717, 1.165) is 25.2 Å². The van der Waals surface area contributed by atoms with Crippen LogP contribution in [0.4, 0.5) is 14.5 Å². The molecule has 7 heteroatoms. The third-order valence-corrected chi connectivity index (χ3v) is 5.15. The second kappa shape index (κ2) is 10.2. The maximum absolute atomic E-state index is 12.3. The molecule has 24 heavy (non-hydrogen) atoms. The summed E-state index contributed by atoms with van der Waals surface area (Å²) in [5.41, 5.74) is 0.802. The molecule has 0 saturated carbocycles. The van der Waals surface area contributed by atoms with Crippen LogP contribution < -0.4 is 10.6 Å². The molecule has 1 heterocycles. The van der Waals surface area contributed by atoms with Gasteiger partial charge < -0.3 is 15.5 Å². The van der Waals surface area contributed by atoms with E-state index in [1.807, 2.05) is 0 Å². The number of nitrogens with zero attached hydrogens (tertiary/aromatic N) is 1. The molecule has 0 aliphatic carbocycles. The minimum atomic E-state index is -2.39. The zero-order valence-corrected chi connectivity index (χ0v) is 15.6. The van der Waals surface area contributed by atoms with E-state index in [4.69, 9.17) is 12.2 Å². The van der Waals surface area contributed by atoms with Crippen molar-refractivity contribution in [3.05, 3.63) is 24.3 Å². The summed E-state index contributed by atoms with van der Waals surface area (Å²) in [6.45, 7) is 5.42. The molecule has 0 unspecified atom stereocenters. The predicted molar refractivity (Wildman–Crippen MR) is 102 cm³/mol. The van der Waals surface area contributed by atoms with E-state index in [-0.39, 0.29) is 0 Å². The van der Waals surface area contributed by atoms with Crippen LogP contribution in [-0.4, -0.2) is 41.4 Å². The van der Waals surface area contributed by atoms with E-state index in [1.54, 1.807) is 24.3 Å². The lowest BCUT2D eigenvalue weighted by molar-refractivity contribution is 0.159. The van der Waals surface area contributed by atoms with Gasteiger partial charge in [0.1, 0.15) is 0 Å². The van der Waals surface area contributed by atoms with Gasteiger partial charge in [-0.05, 0) is 69.2 Å². The van der Waals surface area contributed by atoms with Crippen LogP contribution in [0.15, 0.2) is 29.2 Å². The molecule has 1 aliphatic heterocycles. The second-order valence-corrected chi connectivity index (χ2v) is 7.49. The molecule has 2 rings (SSSR count). The summed E-state index contributed by atoms with van der Waals surface area (Å²) in [7, 11) is 0. The van der Waals surface area contributed by atoms with Crippen molar-refractivity contribution >= 4 is 34.8 Å². The highest BCUT2D eigenvalue weighted by atomic mass is 32.2. The van der Waals surface area contributed by atoms with Crippen molar-refractivity contribution in [1.82, 2.24) is 10.2 Å². The van der Waals surface area contributed by atoms with E-state index in [1.165, 1.54) is 25.8 Å². The lowest BCUT2D eigenvalue weighted by Gasteiger charge is -2.33. The normalized spacial score (nSPS) is 18.6. The molecule has 1 aliphatic rings. The molecular weight excluding hydrogens is 348 g/mol. The third kappa shape index (κ3) is 6.91. The number of rotatable bonds is 7. The van der Waals surface area contributed by atoms with Gasteiger partial charge in [-0.25, -0.2) is 0 Å². The molecular formula is C17H25F2N3S2. The SMILES string of the molecule is C[C@@H]1CCCCN1CCCNC(=S)Nc1ccc(SC(F)F)cc1. The van der Waals surface area contributed by atoms with Crippen molar-refractivity contribution in [3.63, 3.8) is 0 Å². The molecule has 0 spiro atoms. The number of thiocarbonyl (C=S) groups is 1. The minimum Gasteiger partial charge on any atom is -0.362 e. The quantitative estimate of drug-likeness (QED) is 0.415. The predicted octanol–water partition coefficient (Wildman–Crippen LogP) is 4.55. The number of halogens is 2. The van der Waals surface area contributed by atoms with Crippen LogP contribution in [0.5, 0.6) is 0 Å². The Morgan fingerprint density at radius 3 is 2.75 bits per heavy atom. The molecule has 1 saturated heterocycles. The van der Waals surface area contributed by atoms with Gasteiger partial charge in [0.2, 0.25) is 0 Å². The minimum absolute atomic E-state index is 0.542. The summed E-state index contributed by atoms with van der Waals surface area (Å²) in [6, 6.07) is 7.54. The Morgan fingerprint density at radius 2 is 2.08 bits per heavy atom. The smallest absolute Gasteiger partial charge is 0.288 e. The molecule has 0 radical (unpaired) electrons. The highest BCUT2D eigenvalue weighted by Crippen LogP contribution is 2.26. The van der Waals surface area contributed by atoms with Crippen molar-refractivity contribution in [2.45, 2.75) is 49.3 Å². The first-order chi connectivity index (χ1) is 11.5. The largest absolute Gasteiger partial charge is 0.362 e. The Balaban J connectivity index is 1.64. The van der Waals surface area contributed by atoms with Gasteiger partial charge in [0.15, 0.2) is 5.11 Å². The number of anilines is 1. The molecule has 1 atom stereocenters. The lowest BCUT2D eigenvalue weighted by Crippen LogP contribution is -2.39. The molecule has 1 aromatic rings. The van der Waals surface area contributed by atoms with Gasteiger partial charge in [-0.1, -0.05) is 18.2 Å². The molecule has 1 fully saturated rings. The van der Waals surface area contributed by atoms with E-state index in [0.29, 0.717) is 27.8 Å². The number of nitrogens with one attached hydrogen (secondary N) is 2. The fourth-order valence-electron chi connectivity index (χ4n) is 2.87. The fourth-order valence-corrected chi connectivity index (χ4v) is 3.59. The molecule has 1 aromatic carbocycles. The first kappa shape index (κ1) is 19.4. The molecule has 134 valence electrons. The van der Waals surface area contributed by atoms with Gasteiger partial charge in [-0.15, -0.1) is 0 Å². The Morgan fingerprint density at radius 1 is 1.33 bits per heavy atom. The van der Waals surface area contributed by atoms with E-state index in [9.17, 15) is 8.78 Å². The van der Waals surface area contributed by atoms with Crippen LogP contribution in [0, 0.1) is 0 Å². The molecule has 0 bridgehead atoms. The Labute approximate surface area is 152 Å². The lowest BCUT2D eigenvalue weighted by atomic mass is 10.0. The zero-order valence-electron chi connectivity index (χ0n) is 13.9. The first-order valence-corrected chi connectivity index (χ1v) is 9.67. The van der Waals surface area contributed by atoms with Crippen molar-refractivity contribution in [3.8, 4) is 0 Å². The van der Waals surface area contributed by atoms with Gasteiger partial charge in [-0.2, -0.15) is 8.78 Å². The summed E-state index contributed by atoms with van der Waals surface area (Å²) in [5.74, 6) is -2.39. The Bertz CT molecular complexity index is 511. The van der Waals surface area contributed by atoms with Gasteiger partial charge in [0.05, 0.1) is 0 Å².